The van der Waals surface area contributed by atoms with E-state index in [2.05, 4.69) is 31.2 Å². The number of nitrogens with zero attached hydrogens (tertiary/aromatic N) is 1. The zero-order chi connectivity index (χ0) is 52.6. The lowest BCUT2D eigenvalue weighted by Crippen LogP contribution is -2.61. The molecule has 3 aliphatic heterocycles. The molecule has 406 valence electrons. The summed E-state index contributed by atoms with van der Waals surface area (Å²) in [5.41, 5.74) is -4.96. The number of hydrogen-bond donors (Lipinski definition) is 4. The molecule has 0 aliphatic carbocycles. The molecule has 3 fully saturated rings. The van der Waals surface area contributed by atoms with Gasteiger partial charge in [0.1, 0.15) is 23.6 Å². The normalized spacial score (nSPS) is 39.6. The van der Waals surface area contributed by atoms with Gasteiger partial charge in [0, 0.05) is 37.7 Å². The number of esters is 2. The number of carbonyl (C=O) groups is 3. The molecule has 3 rings (SSSR count). The first-order valence-electron chi connectivity index (χ1n) is 26.7. The third kappa shape index (κ3) is 17.4. The van der Waals surface area contributed by atoms with E-state index in [0.29, 0.717) is 12.8 Å². The fourth-order valence-electron chi connectivity index (χ4n) is 10.8. The highest BCUT2D eigenvalue weighted by atomic mass is 16.7. The Morgan fingerprint density at radius 2 is 1.40 bits per heavy atom. The lowest BCUT2D eigenvalue weighted by molar-refractivity contribution is -0.319. The van der Waals surface area contributed by atoms with Crippen molar-refractivity contribution in [3.8, 4) is 0 Å². The van der Waals surface area contributed by atoms with E-state index in [9.17, 15) is 34.8 Å². The van der Waals surface area contributed by atoms with Gasteiger partial charge in [0.05, 0.1) is 53.7 Å². The van der Waals surface area contributed by atoms with Gasteiger partial charge in [-0.1, -0.05) is 91.0 Å². The van der Waals surface area contributed by atoms with Crippen molar-refractivity contribution >= 4 is 17.7 Å². The minimum Gasteiger partial charge on any atom is -0.459 e. The third-order valence-electron chi connectivity index (χ3n) is 15.4. The van der Waals surface area contributed by atoms with E-state index in [1.54, 1.807) is 48.5 Å². The molecule has 0 radical (unpaired) electrons. The molecule has 3 aliphatic rings. The zero-order valence-corrected chi connectivity index (χ0v) is 45.6. The van der Waals surface area contributed by atoms with Crippen LogP contribution in [0.25, 0.3) is 0 Å². The van der Waals surface area contributed by atoms with Gasteiger partial charge in [0.25, 0.3) is 0 Å². The van der Waals surface area contributed by atoms with Crippen molar-refractivity contribution in [2.45, 2.75) is 263 Å². The highest BCUT2D eigenvalue weighted by molar-refractivity contribution is 5.83. The average Bonchev–Trinajstić information content (AvgIpc) is 3.30. The molecule has 0 aromatic rings. The number of unbranched alkanes of at least 4 members (excludes halogenated alkanes) is 8. The van der Waals surface area contributed by atoms with E-state index >= 15 is 0 Å². The number of ether oxygens (including phenoxy) is 7. The van der Waals surface area contributed by atoms with Gasteiger partial charge in [-0.15, -0.1) is 0 Å². The zero-order valence-electron chi connectivity index (χ0n) is 45.6. The lowest BCUT2D eigenvalue weighted by Gasteiger charge is -2.49. The van der Waals surface area contributed by atoms with Gasteiger partial charge < -0.3 is 58.5 Å². The van der Waals surface area contributed by atoms with Crippen molar-refractivity contribution in [3.05, 3.63) is 24.3 Å². The molecule has 15 heteroatoms. The molecule has 0 bridgehead atoms. The SMILES string of the molecule is CCCCC/C=C/C/C=C/CCCCCCCC(=O)O[C@H]1[C@H](OC2[C@@H](C)[C@H](O[C@H]3C[C@@](C)(OC)[C@@H](O)[C@H](C)O3)[C@@H](C)C(=O)O[C@H](CC)[C@@](C)(O)[C@H](O)[C@@H](C)C(=O)[C@H](C)C[C@@]2(C)O)O[C@H](C)C[C@@H]1N(C)C. The number of carbonyl (C=O) groups excluding carboxylic acids is 3. The molecular formula is C55H97NO14. The molecular weight excluding hydrogens is 899 g/mol. The van der Waals surface area contributed by atoms with Crippen molar-refractivity contribution in [2.75, 3.05) is 21.2 Å². The van der Waals surface area contributed by atoms with Crippen LogP contribution in [0.3, 0.4) is 0 Å². The van der Waals surface area contributed by atoms with Crippen LogP contribution in [-0.2, 0) is 47.5 Å². The molecule has 3 heterocycles. The lowest BCUT2D eigenvalue weighted by atomic mass is 9.74. The molecule has 3 saturated heterocycles. The van der Waals surface area contributed by atoms with Gasteiger partial charge in [-0.3, -0.25) is 14.4 Å². The molecule has 0 spiro atoms. The summed E-state index contributed by atoms with van der Waals surface area (Å²) in [6.07, 6.45) is 10.9. The predicted octanol–water partition coefficient (Wildman–Crippen LogP) is 8.15. The van der Waals surface area contributed by atoms with Crippen LogP contribution in [0, 0.1) is 23.7 Å². The minimum atomic E-state index is -2.02. The molecule has 0 amide bonds. The third-order valence-corrected chi connectivity index (χ3v) is 15.4. The molecule has 0 saturated carbocycles. The highest BCUT2D eigenvalue weighted by Crippen LogP contribution is 2.41. The average molecular weight is 996 g/mol. The Morgan fingerprint density at radius 3 is 2.00 bits per heavy atom. The number of rotatable bonds is 22. The van der Waals surface area contributed by atoms with Crippen LogP contribution >= 0.6 is 0 Å². The van der Waals surface area contributed by atoms with E-state index < -0.39 is 114 Å². The second-order valence-electron chi connectivity index (χ2n) is 21.9. The van der Waals surface area contributed by atoms with Crippen LogP contribution in [0.4, 0.5) is 0 Å². The van der Waals surface area contributed by atoms with E-state index in [-0.39, 0.29) is 37.8 Å². The van der Waals surface area contributed by atoms with Crippen LogP contribution in [-0.4, -0.2) is 149 Å². The summed E-state index contributed by atoms with van der Waals surface area (Å²) in [6, 6.07) is -0.334. The molecule has 0 aromatic carbocycles. The summed E-state index contributed by atoms with van der Waals surface area (Å²) in [6.45, 7) is 18.7. The van der Waals surface area contributed by atoms with Crippen LogP contribution < -0.4 is 0 Å². The van der Waals surface area contributed by atoms with Gasteiger partial charge >= 0.3 is 11.9 Å². The number of Topliss-reactive ketones (excluding diaryl/α,β-unsaturated/α-hetero) is 1. The Morgan fingerprint density at radius 1 is 0.786 bits per heavy atom. The maximum absolute atomic E-state index is 14.4. The highest BCUT2D eigenvalue weighted by Gasteiger charge is 2.54. The van der Waals surface area contributed by atoms with Crippen molar-refractivity contribution in [2.24, 2.45) is 23.7 Å². The van der Waals surface area contributed by atoms with Crippen molar-refractivity contribution in [1.29, 1.82) is 0 Å². The molecule has 15 nitrogen and oxygen atoms in total. The minimum absolute atomic E-state index is 0.0737. The summed E-state index contributed by atoms with van der Waals surface area (Å²) in [4.78, 5) is 44.3. The second kappa shape index (κ2) is 29.0. The fraction of sp³-hybridized carbons (Fsp3) is 0.873. The van der Waals surface area contributed by atoms with E-state index in [4.69, 9.17) is 33.2 Å². The van der Waals surface area contributed by atoms with Gasteiger partial charge in [0.2, 0.25) is 0 Å². The number of aliphatic hydroxyl groups is 4. The fourth-order valence-corrected chi connectivity index (χ4v) is 10.8. The van der Waals surface area contributed by atoms with Gasteiger partial charge in [0.15, 0.2) is 18.7 Å². The summed E-state index contributed by atoms with van der Waals surface area (Å²) in [5.74, 6) is -5.55. The van der Waals surface area contributed by atoms with Gasteiger partial charge in [-0.05, 0) is 113 Å². The summed E-state index contributed by atoms with van der Waals surface area (Å²) in [5, 5.41) is 47.2. The van der Waals surface area contributed by atoms with Crippen molar-refractivity contribution in [3.63, 3.8) is 0 Å². The van der Waals surface area contributed by atoms with E-state index in [1.165, 1.54) is 40.2 Å². The molecule has 1 unspecified atom stereocenters. The smallest absolute Gasteiger partial charge is 0.311 e. The number of likely N-dealkylation sites (N-methyl/N-ethyl adjacent to an activating group) is 1. The van der Waals surface area contributed by atoms with Gasteiger partial charge in [-0.2, -0.15) is 0 Å². The number of allylic oxidation sites excluding steroid dienone is 4. The first kappa shape index (κ1) is 62.0. The number of ketones is 1. The van der Waals surface area contributed by atoms with Crippen LogP contribution in [0.5, 0.6) is 0 Å². The first-order chi connectivity index (χ1) is 32.9. The Labute approximate surface area is 421 Å². The second-order valence-corrected chi connectivity index (χ2v) is 21.9. The molecule has 70 heavy (non-hydrogen) atoms. The predicted molar refractivity (Wildman–Crippen MR) is 269 cm³/mol. The number of cyclic esters (lactones) is 1. The monoisotopic (exact) mass is 996 g/mol. The summed E-state index contributed by atoms with van der Waals surface area (Å²) in [7, 11) is 5.29. The summed E-state index contributed by atoms with van der Waals surface area (Å²) < 4.78 is 44.6. The van der Waals surface area contributed by atoms with Crippen molar-refractivity contribution < 1.29 is 68.0 Å². The Kier molecular flexibility index (Phi) is 25.6. The molecule has 18 atom stereocenters. The number of aliphatic hydroxyl groups excluding tert-OH is 2. The van der Waals surface area contributed by atoms with Crippen LogP contribution in [0.1, 0.15) is 179 Å². The molecule has 0 aromatic heterocycles. The Balaban J connectivity index is 1.95. The quantitative estimate of drug-likeness (QED) is 0.0460. The summed E-state index contributed by atoms with van der Waals surface area (Å²) >= 11 is 0. The van der Waals surface area contributed by atoms with E-state index in [1.807, 2.05) is 25.9 Å². The number of hydrogen-bond acceptors (Lipinski definition) is 15. The van der Waals surface area contributed by atoms with Gasteiger partial charge in [-0.25, -0.2) is 0 Å². The van der Waals surface area contributed by atoms with Crippen LogP contribution in [0.15, 0.2) is 24.3 Å². The van der Waals surface area contributed by atoms with Crippen LogP contribution in [0.2, 0.25) is 0 Å². The topological polar surface area (TPSA) is 200 Å². The largest absolute Gasteiger partial charge is 0.459 e. The first-order valence-corrected chi connectivity index (χ1v) is 26.7. The standard InChI is InChI=1S/C55H97NO14/c1-15-17-18-19-20-21-22-23-24-25-26-27-28-29-30-31-43(57)68-47-41(56(12)13)32-36(4)65-52(47)70-50-38(6)46(69-44-34-54(10,64-14)49(60)40(8)66-44)39(7)51(61)67-42(16-2)55(11,63)48(59)37(5)45(58)35(3)33-53(50,9)62/h20-21,23-24,35-42,44,46-50,52,59-60,62-63H,15-19,22,25-34H2,1-14H3/b21-20+,24-23+/t35-,36-,37+,38+,39-,40+,41+,42-,44+,46+,47-,48-,49+,50?,52+,53-,54-,55-/m1/s1. The molecule has 4 N–H and O–H groups in total. The van der Waals surface area contributed by atoms with Crippen molar-refractivity contribution in [1.82, 2.24) is 4.90 Å². The Hall–Kier alpha value is -2.31. The Bertz CT molecular complexity index is 1640. The maximum Gasteiger partial charge on any atom is 0.311 e. The van der Waals surface area contributed by atoms with E-state index in [0.717, 1.165) is 44.9 Å². The number of methoxy groups -OCH3 is 1. The maximum atomic E-state index is 14.4.